The Morgan fingerprint density at radius 1 is 1.13 bits per heavy atom. The highest BCUT2D eigenvalue weighted by Gasteiger charge is 2.41. The van der Waals surface area contributed by atoms with Crippen LogP contribution < -0.4 is 5.76 Å². The van der Waals surface area contributed by atoms with Gasteiger partial charge in [-0.3, -0.25) is 9.51 Å². The van der Waals surface area contributed by atoms with Crippen molar-refractivity contribution in [3.63, 3.8) is 0 Å². The highest BCUT2D eigenvalue weighted by atomic mass is 32.2. The standard InChI is InChI=1S/C21H20N2O6S/c24-20-22-19(23-29-20)12-15-10-16-8-4-5-9-17(16)18(11-15)30(26,27)21(25)28-13-14-6-2-1-3-7-14/h1-9,15,18H,10-13H2,(H,22,23,24)/t15-,18?/m1/s1. The molecule has 1 aromatic heterocycles. The number of nitrogens with zero attached hydrogens (tertiary/aromatic N) is 1. The number of ether oxygens (including phenoxy) is 1. The molecule has 0 amide bonds. The summed E-state index contributed by atoms with van der Waals surface area (Å²) in [6.45, 7) is -0.114. The minimum atomic E-state index is -4.24. The van der Waals surface area contributed by atoms with Crippen LogP contribution >= 0.6 is 0 Å². The number of H-pyrrole nitrogens is 1. The van der Waals surface area contributed by atoms with E-state index in [9.17, 15) is 18.0 Å². The van der Waals surface area contributed by atoms with Crippen LogP contribution in [0.25, 0.3) is 0 Å². The van der Waals surface area contributed by atoms with E-state index >= 15 is 0 Å². The SMILES string of the molecule is O=C(OCc1ccccc1)S(=O)(=O)C1C[C@H](Cc2noc(=O)[nH]2)Cc2ccccc21. The molecule has 1 N–H and O–H groups in total. The summed E-state index contributed by atoms with van der Waals surface area (Å²) < 4.78 is 35.9. The second kappa shape index (κ2) is 8.27. The molecule has 8 nitrogen and oxygen atoms in total. The fraction of sp³-hybridized carbons (Fsp3) is 0.286. The second-order valence-electron chi connectivity index (χ2n) is 7.31. The average molecular weight is 428 g/mol. The summed E-state index contributed by atoms with van der Waals surface area (Å²) in [6, 6.07) is 16.1. The monoisotopic (exact) mass is 428 g/mol. The third-order valence-electron chi connectivity index (χ3n) is 5.23. The summed E-state index contributed by atoms with van der Waals surface area (Å²) in [7, 11) is -4.24. The van der Waals surface area contributed by atoms with Gasteiger partial charge >= 0.3 is 11.1 Å². The molecule has 0 saturated heterocycles. The Hall–Kier alpha value is -3.20. The number of fused-ring (bicyclic) bond motifs is 1. The predicted octanol–water partition coefficient (Wildman–Crippen LogP) is 2.96. The maximum absolute atomic E-state index is 13.1. The summed E-state index contributed by atoms with van der Waals surface area (Å²) in [4.78, 5) is 26.2. The van der Waals surface area contributed by atoms with Gasteiger partial charge in [-0.25, -0.2) is 18.0 Å². The van der Waals surface area contributed by atoms with Crippen molar-refractivity contribution in [2.75, 3.05) is 0 Å². The zero-order valence-corrected chi connectivity index (χ0v) is 16.8. The topological polar surface area (TPSA) is 119 Å². The van der Waals surface area contributed by atoms with Crippen molar-refractivity contribution in [3.8, 4) is 0 Å². The van der Waals surface area contributed by atoms with Crippen LogP contribution in [-0.2, 0) is 34.0 Å². The van der Waals surface area contributed by atoms with Gasteiger partial charge in [-0.05, 0) is 35.4 Å². The van der Waals surface area contributed by atoms with E-state index in [2.05, 4.69) is 14.7 Å². The molecule has 1 aliphatic carbocycles. The minimum absolute atomic E-state index is 0.114. The van der Waals surface area contributed by atoms with Gasteiger partial charge in [0.15, 0.2) is 5.82 Å². The molecule has 0 fully saturated rings. The summed E-state index contributed by atoms with van der Waals surface area (Å²) in [5.74, 6) is -0.440. The van der Waals surface area contributed by atoms with Crippen LogP contribution in [0.15, 0.2) is 63.9 Å². The molecular formula is C21H20N2O6S. The van der Waals surface area contributed by atoms with E-state index in [0.717, 1.165) is 5.56 Å². The first kappa shape index (κ1) is 20.1. The zero-order chi connectivity index (χ0) is 21.1. The lowest BCUT2D eigenvalue weighted by Crippen LogP contribution is -2.30. The molecule has 9 heteroatoms. The molecule has 0 radical (unpaired) electrons. The molecule has 0 saturated carbocycles. The van der Waals surface area contributed by atoms with Crippen LogP contribution in [0.5, 0.6) is 0 Å². The van der Waals surface area contributed by atoms with Crippen molar-refractivity contribution in [1.29, 1.82) is 0 Å². The molecule has 0 spiro atoms. The maximum atomic E-state index is 13.1. The first-order valence-corrected chi connectivity index (χ1v) is 11.1. The average Bonchev–Trinajstić information content (AvgIpc) is 3.16. The van der Waals surface area contributed by atoms with Gasteiger partial charge in [-0.2, -0.15) is 0 Å². The third kappa shape index (κ3) is 4.20. The van der Waals surface area contributed by atoms with E-state index in [1.54, 1.807) is 36.4 Å². The predicted molar refractivity (Wildman–Crippen MR) is 107 cm³/mol. The lowest BCUT2D eigenvalue weighted by atomic mass is 9.82. The summed E-state index contributed by atoms with van der Waals surface area (Å²) in [6.07, 6.45) is 1.16. The Morgan fingerprint density at radius 3 is 2.60 bits per heavy atom. The van der Waals surface area contributed by atoms with Crippen LogP contribution in [-0.4, -0.2) is 23.9 Å². The van der Waals surface area contributed by atoms with Gasteiger partial charge in [0.2, 0.25) is 0 Å². The highest BCUT2D eigenvalue weighted by Crippen LogP contribution is 2.40. The molecule has 4 rings (SSSR count). The second-order valence-corrected chi connectivity index (χ2v) is 9.30. The lowest BCUT2D eigenvalue weighted by molar-refractivity contribution is 0.165. The molecule has 1 unspecified atom stereocenters. The van der Waals surface area contributed by atoms with Crippen molar-refractivity contribution in [1.82, 2.24) is 10.1 Å². The van der Waals surface area contributed by atoms with Gasteiger partial charge in [0, 0.05) is 6.42 Å². The van der Waals surface area contributed by atoms with E-state index in [1.165, 1.54) is 0 Å². The molecular weight excluding hydrogens is 408 g/mol. The number of carbonyl (C=O) groups is 1. The number of nitrogens with one attached hydrogen (secondary N) is 1. The molecule has 2 atom stereocenters. The van der Waals surface area contributed by atoms with Gasteiger partial charge in [-0.1, -0.05) is 59.8 Å². The van der Waals surface area contributed by atoms with Crippen molar-refractivity contribution in [2.24, 2.45) is 5.92 Å². The summed E-state index contributed by atoms with van der Waals surface area (Å²) in [5, 5.41) is 1.41. The number of sulfone groups is 1. The smallest absolute Gasteiger partial charge is 0.438 e. The van der Waals surface area contributed by atoms with E-state index in [-0.39, 0.29) is 18.9 Å². The fourth-order valence-corrected chi connectivity index (χ4v) is 5.39. The van der Waals surface area contributed by atoms with E-state index in [0.29, 0.717) is 29.8 Å². The van der Waals surface area contributed by atoms with Gasteiger partial charge in [0.25, 0.3) is 9.84 Å². The highest BCUT2D eigenvalue weighted by molar-refractivity contribution is 8.05. The maximum Gasteiger partial charge on any atom is 0.438 e. The Bertz CT molecular complexity index is 1200. The minimum Gasteiger partial charge on any atom is -0.449 e. The largest absolute Gasteiger partial charge is 0.449 e. The Morgan fingerprint density at radius 2 is 1.87 bits per heavy atom. The van der Waals surface area contributed by atoms with Crippen molar-refractivity contribution in [3.05, 3.63) is 87.7 Å². The van der Waals surface area contributed by atoms with Crippen LogP contribution in [0.3, 0.4) is 0 Å². The number of aromatic amines is 1. The third-order valence-corrected chi connectivity index (χ3v) is 7.01. The number of rotatable bonds is 5. The summed E-state index contributed by atoms with van der Waals surface area (Å²) in [5.41, 5.74) is 2.17. The van der Waals surface area contributed by atoms with Crippen LogP contribution in [0, 0.1) is 5.92 Å². The molecule has 0 aliphatic heterocycles. The van der Waals surface area contributed by atoms with E-state index in [4.69, 9.17) is 4.74 Å². The van der Waals surface area contributed by atoms with Gasteiger partial charge in [0.05, 0.1) is 5.25 Å². The number of benzene rings is 2. The molecule has 3 aromatic rings. The van der Waals surface area contributed by atoms with Crippen LogP contribution in [0.2, 0.25) is 0 Å². The molecule has 1 aliphatic rings. The number of hydrogen-bond donors (Lipinski definition) is 1. The van der Waals surface area contributed by atoms with Crippen LogP contribution in [0.4, 0.5) is 4.79 Å². The normalized spacial score (nSPS) is 18.5. The summed E-state index contributed by atoms with van der Waals surface area (Å²) >= 11 is 0. The number of hydrogen-bond acceptors (Lipinski definition) is 7. The van der Waals surface area contributed by atoms with Gasteiger partial charge < -0.3 is 4.74 Å². The number of aromatic nitrogens is 2. The van der Waals surface area contributed by atoms with Gasteiger partial charge in [0.1, 0.15) is 6.61 Å². The Labute approximate surface area is 172 Å². The first-order valence-electron chi connectivity index (χ1n) is 9.50. The van der Waals surface area contributed by atoms with Crippen molar-refractivity contribution < 1.29 is 22.5 Å². The molecule has 0 bridgehead atoms. The molecule has 30 heavy (non-hydrogen) atoms. The van der Waals surface area contributed by atoms with E-state index in [1.807, 2.05) is 18.2 Å². The zero-order valence-electron chi connectivity index (χ0n) is 16.0. The molecule has 1 heterocycles. The van der Waals surface area contributed by atoms with E-state index < -0.39 is 26.1 Å². The van der Waals surface area contributed by atoms with Crippen LogP contribution in [0.1, 0.15) is 34.2 Å². The van der Waals surface area contributed by atoms with Crippen molar-refractivity contribution >= 4 is 15.1 Å². The molecule has 2 aromatic carbocycles. The first-order chi connectivity index (χ1) is 14.4. The lowest BCUT2D eigenvalue weighted by Gasteiger charge is -2.30. The Kier molecular flexibility index (Phi) is 5.54. The molecule has 156 valence electrons. The van der Waals surface area contributed by atoms with Gasteiger partial charge in [-0.15, -0.1) is 0 Å². The fourth-order valence-electron chi connectivity index (χ4n) is 3.84. The quantitative estimate of drug-likeness (QED) is 0.621. The van der Waals surface area contributed by atoms with Crippen molar-refractivity contribution in [2.45, 2.75) is 31.1 Å². The Balaban J connectivity index is 1.56. The number of carbonyl (C=O) groups excluding carboxylic acids is 1.